The van der Waals surface area contributed by atoms with Crippen molar-refractivity contribution in [2.75, 3.05) is 6.54 Å². The summed E-state index contributed by atoms with van der Waals surface area (Å²) in [6, 6.07) is 0. The molecule has 0 saturated carbocycles. The summed E-state index contributed by atoms with van der Waals surface area (Å²) in [4.78, 5) is 4.39. The third kappa shape index (κ3) is 6.08. The Kier molecular flexibility index (Phi) is 6.19. The fourth-order valence-corrected chi connectivity index (χ4v) is 0.655. The van der Waals surface area contributed by atoms with Crippen molar-refractivity contribution < 1.29 is 0 Å². The molecule has 0 heterocycles. The normalized spacial score (nSPS) is 17.1. The van der Waals surface area contributed by atoms with Gasteiger partial charge >= 0.3 is 0 Å². The number of hydrogen-bond donors (Lipinski definition) is 0. The van der Waals surface area contributed by atoms with Gasteiger partial charge in [0.15, 0.2) is 0 Å². The van der Waals surface area contributed by atoms with Crippen LogP contribution in [0.25, 0.3) is 0 Å². The SMILES string of the molecule is CC[C@H](C)CN=C[C@@H](C)CC. The first-order valence-electron chi connectivity index (χ1n) is 4.70. The molecule has 0 aromatic rings. The van der Waals surface area contributed by atoms with Gasteiger partial charge in [-0.1, -0.05) is 34.1 Å². The molecule has 0 aliphatic rings. The summed E-state index contributed by atoms with van der Waals surface area (Å²) in [6.07, 6.45) is 4.52. The average Bonchev–Trinajstić information content (AvgIpc) is 2.04. The van der Waals surface area contributed by atoms with E-state index >= 15 is 0 Å². The quantitative estimate of drug-likeness (QED) is 0.541. The molecule has 0 bridgehead atoms. The molecule has 0 aliphatic heterocycles. The van der Waals surface area contributed by atoms with Gasteiger partial charge in [-0.2, -0.15) is 0 Å². The average molecular weight is 155 g/mol. The molecule has 0 aliphatic carbocycles. The first kappa shape index (κ1) is 10.7. The van der Waals surface area contributed by atoms with Crippen LogP contribution in [-0.4, -0.2) is 12.8 Å². The lowest BCUT2D eigenvalue weighted by atomic mass is 10.1. The predicted molar refractivity (Wildman–Crippen MR) is 52.3 cm³/mol. The fraction of sp³-hybridized carbons (Fsp3) is 0.900. The molecule has 1 heteroatoms. The highest BCUT2D eigenvalue weighted by Gasteiger charge is 1.95. The lowest BCUT2D eigenvalue weighted by Gasteiger charge is -2.03. The number of aliphatic imine (C=N–C) groups is 1. The Morgan fingerprint density at radius 3 is 2.27 bits per heavy atom. The van der Waals surface area contributed by atoms with Gasteiger partial charge in [0.2, 0.25) is 0 Å². The first-order valence-corrected chi connectivity index (χ1v) is 4.70. The lowest BCUT2D eigenvalue weighted by Crippen LogP contribution is -1.99. The molecule has 0 amide bonds. The van der Waals surface area contributed by atoms with Crippen molar-refractivity contribution in [2.24, 2.45) is 16.8 Å². The number of nitrogens with zero attached hydrogens (tertiary/aromatic N) is 1. The lowest BCUT2D eigenvalue weighted by molar-refractivity contribution is 0.575. The summed E-state index contributed by atoms with van der Waals surface area (Å²) in [5.74, 6) is 1.40. The molecule has 2 atom stereocenters. The topological polar surface area (TPSA) is 12.4 Å². The Morgan fingerprint density at radius 1 is 1.18 bits per heavy atom. The highest BCUT2D eigenvalue weighted by molar-refractivity contribution is 5.59. The van der Waals surface area contributed by atoms with Crippen LogP contribution in [-0.2, 0) is 0 Å². The minimum atomic E-state index is 0.652. The van der Waals surface area contributed by atoms with E-state index in [1.54, 1.807) is 0 Å². The van der Waals surface area contributed by atoms with Crippen molar-refractivity contribution in [1.29, 1.82) is 0 Å². The summed E-state index contributed by atoms with van der Waals surface area (Å²) < 4.78 is 0. The van der Waals surface area contributed by atoms with Gasteiger partial charge < -0.3 is 0 Å². The van der Waals surface area contributed by atoms with Gasteiger partial charge in [0.25, 0.3) is 0 Å². The molecule has 66 valence electrons. The van der Waals surface area contributed by atoms with Crippen molar-refractivity contribution in [3.8, 4) is 0 Å². The first-order chi connectivity index (χ1) is 5.20. The van der Waals surface area contributed by atoms with Crippen LogP contribution in [0.3, 0.4) is 0 Å². The van der Waals surface area contributed by atoms with Gasteiger partial charge in [-0.3, -0.25) is 4.99 Å². The largest absolute Gasteiger partial charge is 0.297 e. The summed E-state index contributed by atoms with van der Waals surface area (Å²) in [5.41, 5.74) is 0. The molecule has 11 heavy (non-hydrogen) atoms. The van der Waals surface area contributed by atoms with Crippen LogP contribution >= 0.6 is 0 Å². The van der Waals surface area contributed by atoms with E-state index in [1.807, 2.05) is 0 Å². The highest BCUT2D eigenvalue weighted by atomic mass is 14.7. The predicted octanol–water partition coefficient (Wildman–Crippen LogP) is 3.15. The Bertz CT molecular complexity index is 107. The maximum absolute atomic E-state index is 4.39. The van der Waals surface area contributed by atoms with Gasteiger partial charge in [-0.25, -0.2) is 0 Å². The summed E-state index contributed by atoms with van der Waals surface area (Å²) >= 11 is 0. The molecule has 0 rings (SSSR count). The van der Waals surface area contributed by atoms with Crippen LogP contribution in [0, 0.1) is 11.8 Å². The summed E-state index contributed by atoms with van der Waals surface area (Å²) in [7, 11) is 0. The monoisotopic (exact) mass is 155 g/mol. The van der Waals surface area contributed by atoms with Crippen LogP contribution in [0.1, 0.15) is 40.5 Å². The zero-order chi connectivity index (χ0) is 8.69. The van der Waals surface area contributed by atoms with Crippen molar-refractivity contribution in [1.82, 2.24) is 0 Å². The molecule has 1 nitrogen and oxygen atoms in total. The van der Waals surface area contributed by atoms with Crippen molar-refractivity contribution in [3.05, 3.63) is 0 Å². The molecule has 0 aromatic heterocycles. The van der Waals surface area contributed by atoms with Gasteiger partial charge in [-0.05, 0) is 18.3 Å². The van der Waals surface area contributed by atoms with Crippen molar-refractivity contribution in [3.63, 3.8) is 0 Å². The Hall–Kier alpha value is -0.330. The molecule has 0 spiro atoms. The Balaban J connectivity index is 3.43. The van der Waals surface area contributed by atoms with Crippen LogP contribution in [0.2, 0.25) is 0 Å². The number of rotatable bonds is 5. The van der Waals surface area contributed by atoms with Gasteiger partial charge in [-0.15, -0.1) is 0 Å². The van der Waals surface area contributed by atoms with E-state index in [1.165, 1.54) is 12.8 Å². The van der Waals surface area contributed by atoms with Crippen molar-refractivity contribution >= 4 is 6.21 Å². The molecular formula is C10H21N. The van der Waals surface area contributed by atoms with E-state index in [-0.39, 0.29) is 0 Å². The maximum Gasteiger partial charge on any atom is 0.0411 e. The van der Waals surface area contributed by atoms with Crippen LogP contribution in [0.5, 0.6) is 0 Å². The molecule has 0 N–H and O–H groups in total. The zero-order valence-corrected chi connectivity index (χ0v) is 8.30. The van der Waals surface area contributed by atoms with E-state index in [0.717, 1.165) is 12.5 Å². The van der Waals surface area contributed by atoms with Crippen LogP contribution in [0.15, 0.2) is 4.99 Å². The maximum atomic E-state index is 4.39. The summed E-state index contributed by atoms with van der Waals surface area (Å²) in [5, 5.41) is 0. The second kappa shape index (κ2) is 6.38. The number of hydrogen-bond acceptors (Lipinski definition) is 1. The third-order valence-corrected chi connectivity index (χ3v) is 2.12. The third-order valence-electron chi connectivity index (χ3n) is 2.12. The van der Waals surface area contributed by atoms with E-state index < -0.39 is 0 Å². The minimum absolute atomic E-state index is 0.652. The molecule has 0 radical (unpaired) electrons. The Labute approximate surface area is 70.9 Å². The van der Waals surface area contributed by atoms with Gasteiger partial charge in [0.05, 0.1) is 0 Å². The highest BCUT2D eigenvalue weighted by Crippen LogP contribution is 2.01. The zero-order valence-electron chi connectivity index (χ0n) is 8.30. The minimum Gasteiger partial charge on any atom is -0.297 e. The van der Waals surface area contributed by atoms with E-state index in [9.17, 15) is 0 Å². The van der Waals surface area contributed by atoms with E-state index in [0.29, 0.717) is 5.92 Å². The van der Waals surface area contributed by atoms with Crippen LogP contribution in [0.4, 0.5) is 0 Å². The standard InChI is InChI=1S/C10H21N/c1-5-9(3)7-11-8-10(4)6-2/h7,9-10H,5-6,8H2,1-4H3/t9-,10-/m0/s1. The van der Waals surface area contributed by atoms with Crippen molar-refractivity contribution in [2.45, 2.75) is 40.5 Å². The summed E-state index contributed by atoms with van der Waals surface area (Å²) in [6.45, 7) is 9.86. The van der Waals surface area contributed by atoms with Crippen LogP contribution < -0.4 is 0 Å². The second-order valence-corrected chi connectivity index (χ2v) is 3.41. The smallest absolute Gasteiger partial charge is 0.0411 e. The van der Waals surface area contributed by atoms with Gasteiger partial charge in [0.1, 0.15) is 0 Å². The molecule has 0 fully saturated rings. The molecule has 0 aromatic carbocycles. The Morgan fingerprint density at radius 2 is 1.82 bits per heavy atom. The van der Waals surface area contributed by atoms with Gasteiger partial charge in [0, 0.05) is 12.8 Å². The fourth-order valence-electron chi connectivity index (χ4n) is 0.655. The van der Waals surface area contributed by atoms with E-state index in [2.05, 4.69) is 38.9 Å². The second-order valence-electron chi connectivity index (χ2n) is 3.41. The molecule has 0 unspecified atom stereocenters. The molecular weight excluding hydrogens is 134 g/mol. The molecule has 0 saturated heterocycles. The van der Waals surface area contributed by atoms with E-state index in [4.69, 9.17) is 0 Å².